The first-order valence-electron chi connectivity index (χ1n) is 8.08. The van der Waals surface area contributed by atoms with Crippen LogP contribution in [-0.2, 0) is 11.3 Å². The molecule has 0 radical (unpaired) electrons. The maximum absolute atomic E-state index is 12.6. The lowest BCUT2D eigenvalue weighted by atomic mass is 10.1. The van der Waals surface area contributed by atoms with Crippen molar-refractivity contribution >= 4 is 46.8 Å². The Labute approximate surface area is 167 Å². The fourth-order valence-electron chi connectivity index (χ4n) is 2.33. The molecule has 1 unspecified atom stereocenters. The molecular weight excluding hydrogens is 391 g/mol. The summed E-state index contributed by atoms with van der Waals surface area (Å²) in [4.78, 5) is 25.0. The molecule has 0 heterocycles. The highest BCUT2D eigenvalue weighted by Gasteiger charge is 2.22. The number of rotatable bonds is 8. The van der Waals surface area contributed by atoms with Crippen molar-refractivity contribution in [3.05, 3.63) is 69.7 Å². The number of carbonyl (C=O) groups is 2. The van der Waals surface area contributed by atoms with Gasteiger partial charge in [-0.25, -0.2) is 0 Å². The van der Waals surface area contributed by atoms with E-state index in [0.29, 0.717) is 28.6 Å². The number of amides is 2. The topological polar surface area (TPSA) is 58.2 Å². The van der Waals surface area contributed by atoms with Gasteiger partial charge in [0.1, 0.15) is 6.04 Å². The normalized spacial score (nSPS) is 11.7. The second-order valence-electron chi connectivity index (χ2n) is 5.60. The van der Waals surface area contributed by atoms with Gasteiger partial charge in [-0.15, -0.1) is 0 Å². The molecule has 2 aromatic rings. The predicted molar refractivity (Wildman–Crippen MR) is 109 cm³/mol. The minimum absolute atomic E-state index is 0.251. The summed E-state index contributed by atoms with van der Waals surface area (Å²) < 4.78 is 0. The maximum Gasteiger partial charge on any atom is 0.253 e. The van der Waals surface area contributed by atoms with E-state index in [1.165, 1.54) is 0 Å². The van der Waals surface area contributed by atoms with Gasteiger partial charge in [0.05, 0.1) is 10.6 Å². The number of hydrogen-bond donors (Lipinski definition) is 2. The summed E-state index contributed by atoms with van der Waals surface area (Å²) in [7, 11) is 0. The molecule has 7 heteroatoms. The zero-order valence-electron chi connectivity index (χ0n) is 14.3. The highest BCUT2D eigenvalue weighted by atomic mass is 35.5. The summed E-state index contributed by atoms with van der Waals surface area (Å²) in [5.74, 6) is 0.126. The van der Waals surface area contributed by atoms with Gasteiger partial charge >= 0.3 is 0 Å². The van der Waals surface area contributed by atoms with E-state index in [9.17, 15) is 9.59 Å². The summed E-state index contributed by atoms with van der Waals surface area (Å²) >= 11 is 13.8. The van der Waals surface area contributed by atoms with Gasteiger partial charge in [-0.1, -0.05) is 53.5 Å². The van der Waals surface area contributed by atoms with Gasteiger partial charge in [0.15, 0.2) is 0 Å². The molecule has 138 valence electrons. The van der Waals surface area contributed by atoms with E-state index in [2.05, 4.69) is 10.6 Å². The Bertz CT molecular complexity index is 771. The van der Waals surface area contributed by atoms with Gasteiger partial charge in [0.2, 0.25) is 5.91 Å². The van der Waals surface area contributed by atoms with Gasteiger partial charge in [0.25, 0.3) is 5.91 Å². The lowest BCUT2D eigenvalue weighted by Gasteiger charge is -2.19. The minimum Gasteiger partial charge on any atom is -0.350 e. The van der Waals surface area contributed by atoms with Crippen molar-refractivity contribution in [2.75, 3.05) is 12.0 Å². The van der Waals surface area contributed by atoms with Crippen LogP contribution in [-0.4, -0.2) is 29.9 Å². The van der Waals surface area contributed by atoms with Gasteiger partial charge in [-0.3, -0.25) is 9.59 Å². The van der Waals surface area contributed by atoms with E-state index in [1.807, 2.05) is 24.5 Å². The first kappa shape index (κ1) is 20.6. The van der Waals surface area contributed by atoms with E-state index < -0.39 is 6.04 Å². The molecule has 0 saturated heterocycles. The van der Waals surface area contributed by atoms with Gasteiger partial charge in [-0.2, -0.15) is 11.8 Å². The molecule has 2 amide bonds. The molecule has 2 N–H and O–H groups in total. The molecule has 1 atom stereocenters. The molecular formula is C19H20Cl2N2O2S. The Morgan fingerprint density at radius 3 is 2.35 bits per heavy atom. The first-order chi connectivity index (χ1) is 12.5. The number of nitrogens with one attached hydrogen (secondary N) is 2. The van der Waals surface area contributed by atoms with Gasteiger partial charge in [0, 0.05) is 11.6 Å². The largest absolute Gasteiger partial charge is 0.350 e. The van der Waals surface area contributed by atoms with Crippen LogP contribution < -0.4 is 10.6 Å². The van der Waals surface area contributed by atoms with Crippen molar-refractivity contribution < 1.29 is 9.59 Å². The van der Waals surface area contributed by atoms with Crippen molar-refractivity contribution in [3.63, 3.8) is 0 Å². The number of thioether (sulfide) groups is 1. The number of benzene rings is 2. The highest BCUT2D eigenvalue weighted by Crippen LogP contribution is 2.16. The molecule has 0 saturated carbocycles. The van der Waals surface area contributed by atoms with Crippen LogP contribution in [0, 0.1) is 0 Å². The van der Waals surface area contributed by atoms with Crippen LogP contribution >= 0.6 is 35.0 Å². The minimum atomic E-state index is -0.645. The Balaban J connectivity index is 2.03. The lowest BCUT2D eigenvalue weighted by molar-refractivity contribution is -0.123. The summed E-state index contributed by atoms with van der Waals surface area (Å²) in [6.45, 7) is 0.302. The number of hydrogen-bond acceptors (Lipinski definition) is 3. The first-order valence-corrected chi connectivity index (χ1v) is 10.2. The summed E-state index contributed by atoms with van der Waals surface area (Å²) in [6.07, 6.45) is 2.47. The van der Waals surface area contributed by atoms with Crippen LogP contribution in [0.4, 0.5) is 0 Å². The quantitative estimate of drug-likeness (QED) is 0.686. The highest BCUT2D eigenvalue weighted by molar-refractivity contribution is 7.98. The lowest BCUT2D eigenvalue weighted by Crippen LogP contribution is -2.47. The van der Waals surface area contributed by atoms with E-state index in [0.717, 1.165) is 11.3 Å². The third kappa shape index (κ3) is 5.94. The summed E-state index contributed by atoms with van der Waals surface area (Å²) in [6, 6.07) is 13.4. The molecule has 0 aliphatic heterocycles. The Hall–Kier alpha value is -1.69. The smallest absolute Gasteiger partial charge is 0.253 e. The third-order valence-corrected chi connectivity index (χ3v) is 5.10. The Morgan fingerprint density at radius 1 is 1.04 bits per heavy atom. The zero-order chi connectivity index (χ0) is 18.9. The molecule has 0 spiro atoms. The van der Waals surface area contributed by atoms with Crippen LogP contribution in [0.2, 0.25) is 10.0 Å². The van der Waals surface area contributed by atoms with Gasteiger partial charge < -0.3 is 10.6 Å². The Kier molecular flexibility index (Phi) is 8.29. The molecule has 0 aliphatic carbocycles. The molecule has 0 aliphatic rings. The van der Waals surface area contributed by atoms with Crippen molar-refractivity contribution in [3.8, 4) is 0 Å². The molecule has 0 aromatic heterocycles. The summed E-state index contributed by atoms with van der Waals surface area (Å²) in [5, 5.41) is 6.56. The average molecular weight is 411 g/mol. The second kappa shape index (κ2) is 10.5. The standard InChI is InChI=1S/C19H20Cl2N2O2S/c1-26-11-10-17(23-18(24)14-7-3-5-9-16(14)21)19(25)22-12-13-6-2-4-8-15(13)20/h2-9,17H,10-12H2,1H3,(H,22,25)(H,23,24). The third-order valence-electron chi connectivity index (χ3n) is 3.76. The molecule has 0 bridgehead atoms. The fourth-order valence-corrected chi connectivity index (χ4v) is 3.23. The molecule has 26 heavy (non-hydrogen) atoms. The van der Waals surface area contributed by atoms with Crippen LogP contribution in [0.15, 0.2) is 48.5 Å². The SMILES string of the molecule is CSCCC(NC(=O)c1ccccc1Cl)C(=O)NCc1ccccc1Cl. The van der Waals surface area contributed by atoms with E-state index in [-0.39, 0.29) is 11.8 Å². The Morgan fingerprint density at radius 2 is 1.69 bits per heavy atom. The molecule has 4 nitrogen and oxygen atoms in total. The maximum atomic E-state index is 12.6. The zero-order valence-corrected chi connectivity index (χ0v) is 16.6. The summed E-state index contributed by atoms with van der Waals surface area (Å²) in [5.41, 5.74) is 1.17. The second-order valence-corrected chi connectivity index (χ2v) is 7.40. The van der Waals surface area contributed by atoms with Crippen LogP contribution in [0.25, 0.3) is 0 Å². The van der Waals surface area contributed by atoms with E-state index >= 15 is 0 Å². The van der Waals surface area contributed by atoms with Crippen LogP contribution in [0.3, 0.4) is 0 Å². The molecule has 2 rings (SSSR count). The van der Waals surface area contributed by atoms with E-state index in [4.69, 9.17) is 23.2 Å². The van der Waals surface area contributed by atoms with Gasteiger partial charge in [-0.05, 0) is 42.2 Å². The molecule has 0 fully saturated rings. The monoisotopic (exact) mass is 410 g/mol. The number of halogens is 2. The molecule has 2 aromatic carbocycles. The van der Waals surface area contributed by atoms with Crippen LogP contribution in [0.5, 0.6) is 0 Å². The number of carbonyl (C=O) groups excluding carboxylic acids is 2. The fraction of sp³-hybridized carbons (Fsp3) is 0.263. The van der Waals surface area contributed by atoms with Crippen LogP contribution in [0.1, 0.15) is 22.3 Å². The average Bonchev–Trinajstić information content (AvgIpc) is 2.64. The van der Waals surface area contributed by atoms with Crippen molar-refractivity contribution in [1.82, 2.24) is 10.6 Å². The van der Waals surface area contributed by atoms with Crippen molar-refractivity contribution in [2.45, 2.75) is 19.0 Å². The predicted octanol–water partition coefficient (Wildman–Crippen LogP) is 4.16. The van der Waals surface area contributed by atoms with Crippen molar-refractivity contribution in [1.29, 1.82) is 0 Å². The van der Waals surface area contributed by atoms with Crippen molar-refractivity contribution in [2.24, 2.45) is 0 Å². The van der Waals surface area contributed by atoms with E-state index in [1.54, 1.807) is 42.1 Å².